The molecule has 0 aromatic heterocycles. The Labute approximate surface area is 181 Å². The summed E-state index contributed by atoms with van der Waals surface area (Å²) in [6.07, 6.45) is 0.567. The van der Waals surface area contributed by atoms with Crippen LogP contribution < -0.4 is 16.0 Å². The fourth-order valence-electron chi connectivity index (χ4n) is 3.02. The smallest absolute Gasteiger partial charge is 0.411 e. The Hall–Kier alpha value is -3.39. The van der Waals surface area contributed by atoms with Gasteiger partial charge in [0.25, 0.3) is 11.8 Å². The van der Waals surface area contributed by atoms with Gasteiger partial charge in [0.2, 0.25) is 0 Å². The lowest BCUT2D eigenvalue weighted by Gasteiger charge is -2.12. The molecule has 0 radical (unpaired) electrons. The maximum atomic E-state index is 12.7. The average molecular weight is 425 g/mol. The van der Waals surface area contributed by atoms with Gasteiger partial charge in [-0.25, -0.2) is 4.79 Å². The zero-order valence-corrected chi connectivity index (χ0v) is 17.6. The highest BCUT2D eigenvalue weighted by Gasteiger charge is 2.23. The summed E-state index contributed by atoms with van der Waals surface area (Å²) in [4.78, 5) is 36.7. The molecular formula is C23H27N3O5. The van der Waals surface area contributed by atoms with Gasteiger partial charge in [0.15, 0.2) is 0 Å². The fraction of sp³-hybridized carbons (Fsp3) is 0.348. The van der Waals surface area contributed by atoms with Gasteiger partial charge in [0, 0.05) is 29.2 Å². The van der Waals surface area contributed by atoms with E-state index < -0.39 is 12.2 Å². The largest absolute Gasteiger partial charge is 0.449 e. The van der Waals surface area contributed by atoms with Crippen molar-refractivity contribution < 1.29 is 23.9 Å². The number of nitrogens with one attached hydrogen (secondary N) is 3. The third kappa shape index (κ3) is 6.82. The number of rotatable bonds is 7. The van der Waals surface area contributed by atoms with Gasteiger partial charge < -0.3 is 20.1 Å². The van der Waals surface area contributed by atoms with E-state index in [1.54, 1.807) is 48.5 Å². The van der Waals surface area contributed by atoms with E-state index in [4.69, 9.17) is 9.47 Å². The molecule has 1 atom stereocenters. The molecule has 0 aliphatic carbocycles. The van der Waals surface area contributed by atoms with Crippen molar-refractivity contribution in [3.8, 4) is 0 Å². The highest BCUT2D eigenvalue weighted by Crippen LogP contribution is 2.19. The van der Waals surface area contributed by atoms with Gasteiger partial charge in [-0.1, -0.05) is 26.0 Å². The van der Waals surface area contributed by atoms with E-state index in [1.807, 2.05) is 13.8 Å². The van der Waals surface area contributed by atoms with Crippen LogP contribution in [0.1, 0.15) is 37.0 Å². The molecule has 0 bridgehead atoms. The summed E-state index contributed by atoms with van der Waals surface area (Å²) in [5.74, 6) is -0.312. The van der Waals surface area contributed by atoms with Crippen molar-refractivity contribution in [1.82, 2.24) is 0 Å². The molecular weight excluding hydrogens is 398 g/mol. The number of ether oxygens (including phenoxy) is 2. The summed E-state index contributed by atoms with van der Waals surface area (Å²) in [5, 5.41) is 8.21. The van der Waals surface area contributed by atoms with E-state index in [0.29, 0.717) is 42.3 Å². The molecule has 1 unspecified atom stereocenters. The van der Waals surface area contributed by atoms with Crippen LogP contribution >= 0.6 is 0 Å². The molecule has 1 heterocycles. The van der Waals surface area contributed by atoms with Crippen molar-refractivity contribution in [2.75, 3.05) is 29.2 Å². The predicted octanol–water partition coefficient (Wildman–Crippen LogP) is 4.26. The van der Waals surface area contributed by atoms with Crippen molar-refractivity contribution >= 4 is 35.0 Å². The van der Waals surface area contributed by atoms with E-state index in [2.05, 4.69) is 16.0 Å². The normalized spacial score (nSPS) is 15.4. The molecule has 8 heteroatoms. The van der Waals surface area contributed by atoms with E-state index in [9.17, 15) is 14.4 Å². The summed E-state index contributed by atoms with van der Waals surface area (Å²) in [5.41, 5.74) is 1.93. The molecule has 3 N–H and O–H groups in total. The molecule has 3 rings (SSSR count). The Balaban J connectivity index is 1.59. The van der Waals surface area contributed by atoms with Gasteiger partial charge in [0.1, 0.15) is 6.10 Å². The van der Waals surface area contributed by atoms with Crippen LogP contribution in [0, 0.1) is 5.92 Å². The predicted molar refractivity (Wildman–Crippen MR) is 118 cm³/mol. The highest BCUT2D eigenvalue weighted by molar-refractivity contribution is 6.05. The first-order valence-corrected chi connectivity index (χ1v) is 10.3. The standard InChI is InChI=1S/C23H27N3O5/c1-15(2)14-31-23(29)26-19-9-4-8-18(13-19)24-21(27)16-6-3-7-17(12-16)25-22(28)20-10-5-11-30-20/h3-4,6-9,12-13,15,20H,5,10-11,14H2,1-2H3,(H,24,27)(H,25,28)(H,26,29). The quantitative estimate of drug-likeness (QED) is 0.615. The van der Waals surface area contributed by atoms with Crippen LogP contribution in [0.15, 0.2) is 48.5 Å². The number of amides is 3. The second-order valence-electron chi connectivity index (χ2n) is 7.72. The van der Waals surface area contributed by atoms with Crippen molar-refractivity contribution in [2.45, 2.75) is 32.8 Å². The van der Waals surface area contributed by atoms with Crippen molar-refractivity contribution in [1.29, 1.82) is 0 Å². The molecule has 0 saturated carbocycles. The van der Waals surface area contributed by atoms with Gasteiger partial charge in [-0.2, -0.15) is 0 Å². The van der Waals surface area contributed by atoms with Crippen LogP contribution in [0.3, 0.4) is 0 Å². The molecule has 3 amide bonds. The molecule has 1 fully saturated rings. The zero-order chi connectivity index (χ0) is 22.2. The van der Waals surface area contributed by atoms with E-state index in [-0.39, 0.29) is 17.7 Å². The Kier molecular flexibility index (Phi) is 7.61. The van der Waals surface area contributed by atoms with Gasteiger partial charge in [0.05, 0.1) is 6.61 Å². The summed E-state index contributed by atoms with van der Waals surface area (Å²) >= 11 is 0. The first-order valence-electron chi connectivity index (χ1n) is 10.3. The molecule has 2 aromatic carbocycles. The minimum Gasteiger partial charge on any atom is -0.449 e. The molecule has 164 valence electrons. The third-order valence-electron chi connectivity index (χ3n) is 4.53. The molecule has 0 spiro atoms. The number of carbonyl (C=O) groups excluding carboxylic acids is 3. The first kappa shape index (κ1) is 22.3. The maximum absolute atomic E-state index is 12.7. The van der Waals surface area contributed by atoms with Gasteiger partial charge in [-0.3, -0.25) is 14.9 Å². The average Bonchev–Trinajstić information content (AvgIpc) is 3.28. The summed E-state index contributed by atoms with van der Waals surface area (Å²) in [6.45, 7) is 4.81. The minimum atomic E-state index is -0.549. The van der Waals surface area contributed by atoms with Crippen LogP contribution in [0.25, 0.3) is 0 Å². The maximum Gasteiger partial charge on any atom is 0.411 e. The third-order valence-corrected chi connectivity index (χ3v) is 4.53. The Morgan fingerprint density at radius 1 is 1.00 bits per heavy atom. The van der Waals surface area contributed by atoms with Gasteiger partial charge >= 0.3 is 6.09 Å². The lowest BCUT2D eigenvalue weighted by atomic mass is 10.1. The number of carbonyl (C=O) groups is 3. The van der Waals surface area contributed by atoms with Crippen LogP contribution in [0.4, 0.5) is 21.9 Å². The van der Waals surface area contributed by atoms with E-state index >= 15 is 0 Å². The van der Waals surface area contributed by atoms with Crippen LogP contribution in [0.5, 0.6) is 0 Å². The lowest BCUT2D eigenvalue weighted by Crippen LogP contribution is -2.27. The molecule has 1 aliphatic heterocycles. The molecule has 8 nitrogen and oxygen atoms in total. The Bertz CT molecular complexity index is 938. The second kappa shape index (κ2) is 10.6. The number of benzene rings is 2. The van der Waals surface area contributed by atoms with Crippen LogP contribution in [-0.2, 0) is 14.3 Å². The van der Waals surface area contributed by atoms with Crippen molar-refractivity contribution in [3.05, 3.63) is 54.1 Å². The number of hydrogen-bond donors (Lipinski definition) is 3. The fourth-order valence-corrected chi connectivity index (χ4v) is 3.02. The molecule has 2 aromatic rings. The minimum absolute atomic E-state index is 0.210. The monoisotopic (exact) mass is 425 g/mol. The van der Waals surface area contributed by atoms with Gasteiger partial charge in [-0.05, 0) is 55.2 Å². The van der Waals surface area contributed by atoms with E-state index in [1.165, 1.54) is 0 Å². The van der Waals surface area contributed by atoms with Crippen LogP contribution in [-0.4, -0.2) is 37.2 Å². The second-order valence-corrected chi connectivity index (χ2v) is 7.72. The Morgan fingerprint density at radius 3 is 2.35 bits per heavy atom. The molecule has 1 saturated heterocycles. The topological polar surface area (TPSA) is 106 Å². The Morgan fingerprint density at radius 2 is 1.68 bits per heavy atom. The summed E-state index contributed by atoms with van der Waals surface area (Å²) in [6, 6.07) is 13.4. The van der Waals surface area contributed by atoms with Crippen molar-refractivity contribution in [3.63, 3.8) is 0 Å². The first-order chi connectivity index (χ1) is 14.9. The zero-order valence-electron chi connectivity index (χ0n) is 17.6. The number of anilines is 3. The lowest BCUT2D eigenvalue weighted by molar-refractivity contribution is -0.124. The molecule has 31 heavy (non-hydrogen) atoms. The summed E-state index contributed by atoms with van der Waals surface area (Å²) in [7, 11) is 0. The molecule has 1 aliphatic rings. The van der Waals surface area contributed by atoms with E-state index in [0.717, 1.165) is 6.42 Å². The SMILES string of the molecule is CC(C)COC(=O)Nc1cccc(NC(=O)c2cccc(NC(=O)C3CCCO3)c2)c1. The summed E-state index contributed by atoms with van der Waals surface area (Å²) < 4.78 is 10.5. The van der Waals surface area contributed by atoms with Crippen LogP contribution in [0.2, 0.25) is 0 Å². The number of hydrogen-bond acceptors (Lipinski definition) is 5. The van der Waals surface area contributed by atoms with Crippen molar-refractivity contribution in [2.24, 2.45) is 5.92 Å². The highest BCUT2D eigenvalue weighted by atomic mass is 16.5. The van der Waals surface area contributed by atoms with Gasteiger partial charge in [-0.15, -0.1) is 0 Å².